The largest absolute Gasteiger partial charge is 0.444 e. The SMILES string of the molecule is Cc1nc(C(=O)CC2COCCN2C(=O)OC(C)(C)C)c(C)s1. The van der Waals surface area contributed by atoms with E-state index in [1.165, 1.54) is 11.3 Å². The summed E-state index contributed by atoms with van der Waals surface area (Å²) in [6.45, 7) is 10.5. The normalized spacial score (nSPS) is 18.8. The molecular formula is C16H24N2O4S. The topological polar surface area (TPSA) is 68.7 Å². The fourth-order valence-corrected chi connectivity index (χ4v) is 3.32. The Labute approximate surface area is 140 Å². The first-order chi connectivity index (χ1) is 10.7. The van der Waals surface area contributed by atoms with E-state index < -0.39 is 11.7 Å². The minimum Gasteiger partial charge on any atom is -0.444 e. The second-order valence-electron chi connectivity index (χ2n) is 6.67. The zero-order valence-corrected chi connectivity index (χ0v) is 15.2. The van der Waals surface area contributed by atoms with Crippen molar-refractivity contribution in [1.29, 1.82) is 0 Å². The van der Waals surface area contributed by atoms with Crippen LogP contribution in [0.1, 0.15) is 47.6 Å². The van der Waals surface area contributed by atoms with E-state index in [9.17, 15) is 9.59 Å². The molecule has 2 rings (SSSR count). The molecule has 1 aliphatic rings. The summed E-state index contributed by atoms with van der Waals surface area (Å²) < 4.78 is 10.9. The molecule has 0 radical (unpaired) electrons. The molecule has 6 nitrogen and oxygen atoms in total. The standard InChI is InChI=1S/C16H24N2O4S/c1-10-14(17-11(2)23-10)13(19)8-12-9-21-7-6-18(12)15(20)22-16(3,4)5/h12H,6-9H2,1-5H3. The molecule has 1 aromatic heterocycles. The van der Waals surface area contributed by atoms with Crippen LogP contribution in [0, 0.1) is 13.8 Å². The average Bonchev–Trinajstić information content (AvgIpc) is 2.76. The Kier molecular flexibility index (Phi) is 5.41. The molecule has 1 aromatic rings. The molecule has 1 atom stereocenters. The highest BCUT2D eigenvalue weighted by Crippen LogP contribution is 2.21. The van der Waals surface area contributed by atoms with Crippen LogP contribution in [0.25, 0.3) is 0 Å². The number of amides is 1. The van der Waals surface area contributed by atoms with Gasteiger partial charge in [-0.1, -0.05) is 0 Å². The first-order valence-corrected chi connectivity index (χ1v) is 8.53. The van der Waals surface area contributed by atoms with Crippen molar-refractivity contribution < 1.29 is 19.1 Å². The number of rotatable bonds is 3. The van der Waals surface area contributed by atoms with E-state index in [4.69, 9.17) is 9.47 Å². The van der Waals surface area contributed by atoms with Gasteiger partial charge in [0.1, 0.15) is 11.3 Å². The van der Waals surface area contributed by atoms with Crippen molar-refractivity contribution in [3.8, 4) is 0 Å². The third-order valence-corrected chi connectivity index (χ3v) is 4.33. The Morgan fingerprint density at radius 1 is 1.39 bits per heavy atom. The number of morpholine rings is 1. The van der Waals surface area contributed by atoms with Crippen LogP contribution in [0.4, 0.5) is 4.79 Å². The number of carbonyl (C=O) groups is 2. The van der Waals surface area contributed by atoms with E-state index in [1.807, 2.05) is 34.6 Å². The lowest BCUT2D eigenvalue weighted by atomic mass is 10.1. The number of hydrogen-bond acceptors (Lipinski definition) is 6. The number of ether oxygens (including phenoxy) is 2. The molecule has 0 saturated carbocycles. The summed E-state index contributed by atoms with van der Waals surface area (Å²) in [4.78, 5) is 31.7. The molecule has 0 bridgehead atoms. The highest BCUT2D eigenvalue weighted by Gasteiger charge is 2.33. The number of thiazole rings is 1. The maximum absolute atomic E-state index is 12.5. The molecule has 128 valence electrons. The van der Waals surface area contributed by atoms with Crippen molar-refractivity contribution >= 4 is 23.2 Å². The van der Waals surface area contributed by atoms with E-state index in [0.29, 0.717) is 25.5 Å². The van der Waals surface area contributed by atoms with Crippen molar-refractivity contribution in [2.24, 2.45) is 0 Å². The average molecular weight is 340 g/mol. The molecule has 2 heterocycles. The fraction of sp³-hybridized carbons (Fsp3) is 0.688. The Morgan fingerprint density at radius 2 is 2.09 bits per heavy atom. The van der Waals surface area contributed by atoms with Crippen LogP contribution in [-0.2, 0) is 9.47 Å². The lowest BCUT2D eigenvalue weighted by molar-refractivity contribution is -0.0322. The molecule has 1 saturated heterocycles. The monoisotopic (exact) mass is 340 g/mol. The van der Waals surface area contributed by atoms with Gasteiger partial charge in [0.25, 0.3) is 0 Å². The maximum atomic E-state index is 12.5. The lowest BCUT2D eigenvalue weighted by Gasteiger charge is -2.36. The van der Waals surface area contributed by atoms with Gasteiger partial charge in [-0.05, 0) is 34.6 Å². The second-order valence-corrected chi connectivity index (χ2v) is 8.07. The zero-order valence-electron chi connectivity index (χ0n) is 14.3. The van der Waals surface area contributed by atoms with Crippen LogP contribution < -0.4 is 0 Å². The van der Waals surface area contributed by atoms with E-state index in [-0.39, 0.29) is 18.2 Å². The van der Waals surface area contributed by atoms with Crippen molar-refractivity contribution in [2.45, 2.75) is 52.7 Å². The van der Waals surface area contributed by atoms with Crippen LogP contribution in [-0.4, -0.2) is 53.2 Å². The highest BCUT2D eigenvalue weighted by atomic mass is 32.1. The smallest absolute Gasteiger partial charge is 0.410 e. The maximum Gasteiger partial charge on any atom is 0.410 e. The van der Waals surface area contributed by atoms with Gasteiger partial charge in [-0.3, -0.25) is 4.79 Å². The van der Waals surface area contributed by atoms with Gasteiger partial charge < -0.3 is 14.4 Å². The summed E-state index contributed by atoms with van der Waals surface area (Å²) in [7, 11) is 0. The predicted molar refractivity (Wildman–Crippen MR) is 88.1 cm³/mol. The van der Waals surface area contributed by atoms with Gasteiger partial charge in [-0.2, -0.15) is 0 Å². The van der Waals surface area contributed by atoms with E-state index >= 15 is 0 Å². The lowest BCUT2D eigenvalue weighted by Crippen LogP contribution is -2.51. The number of aromatic nitrogens is 1. The molecule has 1 unspecified atom stereocenters. The molecule has 0 spiro atoms. The predicted octanol–water partition coefficient (Wildman–Crippen LogP) is 2.97. The van der Waals surface area contributed by atoms with E-state index in [2.05, 4.69) is 4.98 Å². The Morgan fingerprint density at radius 3 is 2.65 bits per heavy atom. The first-order valence-electron chi connectivity index (χ1n) is 7.72. The summed E-state index contributed by atoms with van der Waals surface area (Å²) in [5.41, 5.74) is -0.0609. The summed E-state index contributed by atoms with van der Waals surface area (Å²) in [6, 6.07) is -0.312. The number of hydrogen-bond donors (Lipinski definition) is 0. The molecule has 23 heavy (non-hydrogen) atoms. The Bertz CT molecular complexity index is 591. The molecule has 1 aliphatic heterocycles. The molecule has 0 N–H and O–H groups in total. The number of carbonyl (C=O) groups excluding carboxylic acids is 2. The van der Waals surface area contributed by atoms with Crippen molar-refractivity contribution in [3.05, 3.63) is 15.6 Å². The third kappa shape index (κ3) is 4.75. The van der Waals surface area contributed by atoms with Crippen LogP contribution in [0.15, 0.2) is 0 Å². The Balaban J connectivity index is 2.08. The summed E-state index contributed by atoms with van der Waals surface area (Å²) >= 11 is 1.51. The molecule has 0 aliphatic carbocycles. The fourth-order valence-electron chi connectivity index (χ4n) is 2.48. The quantitative estimate of drug-likeness (QED) is 0.791. The zero-order chi connectivity index (χ0) is 17.2. The van der Waals surface area contributed by atoms with Crippen LogP contribution >= 0.6 is 11.3 Å². The van der Waals surface area contributed by atoms with E-state index in [0.717, 1.165) is 9.88 Å². The second kappa shape index (κ2) is 6.97. The summed E-state index contributed by atoms with van der Waals surface area (Å²) in [5.74, 6) is -0.0593. The molecule has 1 amide bonds. The summed E-state index contributed by atoms with van der Waals surface area (Å²) in [6.07, 6.45) is -0.201. The minimum absolute atomic E-state index is 0.0593. The van der Waals surface area contributed by atoms with Gasteiger partial charge >= 0.3 is 6.09 Å². The van der Waals surface area contributed by atoms with Crippen molar-refractivity contribution in [2.75, 3.05) is 19.8 Å². The van der Waals surface area contributed by atoms with Crippen LogP contribution in [0.5, 0.6) is 0 Å². The minimum atomic E-state index is -0.563. The van der Waals surface area contributed by atoms with Crippen LogP contribution in [0.3, 0.4) is 0 Å². The highest BCUT2D eigenvalue weighted by molar-refractivity contribution is 7.11. The Hall–Kier alpha value is -1.47. The number of ketones is 1. The number of nitrogens with zero attached hydrogens (tertiary/aromatic N) is 2. The number of aryl methyl sites for hydroxylation is 2. The van der Waals surface area contributed by atoms with Gasteiger partial charge in [-0.15, -0.1) is 11.3 Å². The molecule has 0 aromatic carbocycles. The molecule has 7 heteroatoms. The van der Waals surface area contributed by atoms with Crippen LogP contribution in [0.2, 0.25) is 0 Å². The van der Waals surface area contributed by atoms with Crippen molar-refractivity contribution in [1.82, 2.24) is 9.88 Å². The summed E-state index contributed by atoms with van der Waals surface area (Å²) in [5, 5.41) is 0.870. The van der Waals surface area contributed by atoms with Gasteiger partial charge in [0.2, 0.25) is 0 Å². The number of Topliss-reactive ketones (excluding diaryl/α,β-unsaturated/α-hetero) is 1. The van der Waals surface area contributed by atoms with Gasteiger partial charge in [0, 0.05) is 17.8 Å². The third-order valence-electron chi connectivity index (χ3n) is 3.44. The molecular weight excluding hydrogens is 316 g/mol. The van der Waals surface area contributed by atoms with E-state index in [1.54, 1.807) is 4.90 Å². The molecule has 1 fully saturated rings. The van der Waals surface area contributed by atoms with Gasteiger partial charge in [0.05, 0.1) is 24.3 Å². The first kappa shape index (κ1) is 17.9. The van der Waals surface area contributed by atoms with Gasteiger partial charge in [0.15, 0.2) is 5.78 Å². The van der Waals surface area contributed by atoms with Crippen molar-refractivity contribution in [3.63, 3.8) is 0 Å². The van der Waals surface area contributed by atoms with Gasteiger partial charge in [-0.25, -0.2) is 9.78 Å².